The molecule has 1 aliphatic carbocycles. The van der Waals surface area contributed by atoms with Gasteiger partial charge in [0.1, 0.15) is 5.82 Å². The van der Waals surface area contributed by atoms with Gasteiger partial charge in [-0.3, -0.25) is 4.99 Å². The second-order valence-electron chi connectivity index (χ2n) is 5.24. The first kappa shape index (κ1) is 15.2. The molecule has 2 unspecified atom stereocenters. The maximum Gasteiger partial charge on any atom is 0.191 e. The van der Waals surface area contributed by atoms with E-state index in [1.54, 1.807) is 24.9 Å². The Kier molecular flexibility index (Phi) is 5.29. The van der Waals surface area contributed by atoms with Crippen molar-refractivity contribution in [2.24, 2.45) is 10.9 Å². The van der Waals surface area contributed by atoms with Crippen LogP contribution in [-0.2, 0) is 12.3 Å². The summed E-state index contributed by atoms with van der Waals surface area (Å²) < 4.78 is 13.3. The van der Waals surface area contributed by atoms with Gasteiger partial charge in [-0.1, -0.05) is 13.0 Å². The SMILES string of the molecule is CN=C(NCc1ccc(F)cc1CSC)NC1CC1C. The largest absolute Gasteiger partial charge is 0.353 e. The van der Waals surface area contributed by atoms with E-state index in [9.17, 15) is 4.39 Å². The van der Waals surface area contributed by atoms with Gasteiger partial charge in [-0.25, -0.2) is 4.39 Å². The standard InChI is InChI=1S/C15H22FN3S/c1-10-6-14(10)19-15(17-2)18-8-11-4-5-13(16)7-12(11)9-20-3/h4-5,7,10,14H,6,8-9H2,1-3H3,(H2,17,18,19). The quantitative estimate of drug-likeness (QED) is 0.648. The van der Waals surface area contributed by atoms with Crippen LogP contribution >= 0.6 is 11.8 Å². The van der Waals surface area contributed by atoms with Gasteiger partial charge < -0.3 is 10.6 Å². The highest BCUT2D eigenvalue weighted by molar-refractivity contribution is 7.97. The van der Waals surface area contributed by atoms with E-state index in [0.29, 0.717) is 12.6 Å². The lowest BCUT2D eigenvalue weighted by molar-refractivity contribution is 0.625. The predicted octanol–water partition coefficient (Wildman–Crippen LogP) is 2.76. The number of hydrogen-bond acceptors (Lipinski definition) is 2. The van der Waals surface area contributed by atoms with E-state index in [-0.39, 0.29) is 5.82 Å². The third kappa shape index (κ3) is 4.13. The molecule has 2 atom stereocenters. The third-order valence-electron chi connectivity index (χ3n) is 3.57. The molecule has 0 aromatic heterocycles. The molecule has 2 rings (SSSR count). The molecular formula is C15H22FN3S. The second kappa shape index (κ2) is 6.97. The van der Waals surface area contributed by atoms with Gasteiger partial charge in [-0.05, 0) is 41.9 Å². The van der Waals surface area contributed by atoms with E-state index in [1.165, 1.54) is 12.5 Å². The van der Waals surface area contributed by atoms with E-state index in [1.807, 2.05) is 12.3 Å². The summed E-state index contributed by atoms with van der Waals surface area (Å²) in [5.41, 5.74) is 2.16. The Morgan fingerprint density at radius 3 is 2.80 bits per heavy atom. The molecule has 0 spiro atoms. The predicted molar refractivity (Wildman–Crippen MR) is 84.5 cm³/mol. The second-order valence-corrected chi connectivity index (χ2v) is 6.10. The number of benzene rings is 1. The molecule has 110 valence electrons. The number of aliphatic imine (C=N–C) groups is 1. The van der Waals surface area contributed by atoms with Crippen LogP contribution in [0.15, 0.2) is 23.2 Å². The molecule has 0 saturated heterocycles. The zero-order valence-corrected chi connectivity index (χ0v) is 13.1. The Balaban J connectivity index is 1.95. The van der Waals surface area contributed by atoms with Crippen LogP contribution in [0.1, 0.15) is 24.5 Å². The highest BCUT2D eigenvalue weighted by Gasteiger charge is 2.33. The van der Waals surface area contributed by atoms with E-state index >= 15 is 0 Å². The summed E-state index contributed by atoms with van der Waals surface area (Å²) >= 11 is 1.70. The minimum absolute atomic E-state index is 0.174. The molecule has 1 saturated carbocycles. The molecule has 3 nitrogen and oxygen atoms in total. The number of rotatable bonds is 5. The molecule has 0 amide bonds. The maximum atomic E-state index is 13.3. The number of thioether (sulfide) groups is 1. The van der Waals surface area contributed by atoms with Crippen LogP contribution < -0.4 is 10.6 Å². The zero-order chi connectivity index (χ0) is 14.5. The first-order valence-corrected chi connectivity index (χ1v) is 8.27. The van der Waals surface area contributed by atoms with E-state index in [2.05, 4.69) is 22.5 Å². The Bertz CT molecular complexity index is 490. The van der Waals surface area contributed by atoms with Gasteiger partial charge in [0.15, 0.2) is 5.96 Å². The van der Waals surface area contributed by atoms with Gasteiger partial charge in [0.25, 0.3) is 0 Å². The molecule has 20 heavy (non-hydrogen) atoms. The number of nitrogens with one attached hydrogen (secondary N) is 2. The lowest BCUT2D eigenvalue weighted by Gasteiger charge is -2.14. The van der Waals surface area contributed by atoms with Crippen molar-refractivity contribution in [3.63, 3.8) is 0 Å². The molecule has 2 N–H and O–H groups in total. The van der Waals surface area contributed by atoms with Crippen LogP contribution in [0, 0.1) is 11.7 Å². The van der Waals surface area contributed by atoms with Crippen LogP contribution in [-0.4, -0.2) is 25.3 Å². The molecule has 5 heteroatoms. The summed E-state index contributed by atoms with van der Waals surface area (Å²) in [5, 5.41) is 6.69. The summed E-state index contributed by atoms with van der Waals surface area (Å²) in [6.07, 6.45) is 3.23. The number of halogens is 1. The van der Waals surface area contributed by atoms with Crippen molar-refractivity contribution < 1.29 is 4.39 Å². The van der Waals surface area contributed by atoms with Crippen molar-refractivity contribution in [3.8, 4) is 0 Å². The first-order chi connectivity index (χ1) is 9.63. The highest BCUT2D eigenvalue weighted by Crippen LogP contribution is 2.28. The van der Waals surface area contributed by atoms with Crippen LogP contribution in [0.5, 0.6) is 0 Å². The lowest BCUT2D eigenvalue weighted by atomic mass is 10.1. The minimum atomic E-state index is -0.174. The summed E-state index contributed by atoms with van der Waals surface area (Å²) in [4.78, 5) is 4.23. The summed E-state index contributed by atoms with van der Waals surface area (Å²) in [5.74, 6) is 2.19. The molecule has 1 aromatic carbocycles. The summed E-state index contributed by atoms with van der Waals surface area (Å²) in [7, 11) is 1.77. The minimum Gasteiger partial charge on any atom is -0.353 e. The van der Waals surface area contributed by atoms with Crippen LogP contribution in [0.4, 0.5) is 4.39 Å². The lowest BCUT2D eigenvalue weighted by Crippen LogP contribution is -2.38. The Morgan fingerprint density at radius 2 is 2.20 bits per heavy atom. The summed E-state index contributed by atoms with van der Waals surface area (Å²) in [6.45, 7) is 2.89. The molecule has 0 radical (unpaired) electrons. The van der Waals surface area contributed by atoms with Gasteiger partial charge in [0.2, 0.25) is 0 Å². The number of guanidine groups is 1. The van der Waals surface area contributed by atoms with Crippen LogP contribution in [0.25, 0.3) is 0 Å². The van der Waals surface area contributed by atoms with Crippen molar-refractivity contribution in [3.05, 3.63) is 35.1 Å². The van der Waals surface area contributed by atoms with Crippen LogP contribution in [0.2, 0.25) is 0 Å². The smallest absolute Gasteiger partial charge is 0.191 e. The fourth-order valence-electron chi connectivity index (χ4n) is 2.13. The van der Waals surface area contributed by atoms with Gasteiger partial charge in [-0.15, -0.1) is 0 Å². The Hall–Kier alpha value is -1.23. The van der Waals surface area contributed by atoms with E-state index in [0.717, 1.165) is 28.8 Å². The van der Waals surface area contributed by atoms with Gasteiger partial charge in [-0.2, -0.15) is 11.8 Å². The zero-order valence-electron chi connectivity index (χ0n) is 12.2. The van der Waals surface area contributed by atoms with Crippen molar-refractivity contribution in [2.75, 3.05) is 13.3 Å². The monoisotopic (exact) mass is 295 g/mol. The number of nitrogens with zero attached hydrogens (tertiary/aromatic N) is 1. The number of hydrogen-bond donors (Lipinski definition) is 2. The highest BCUT2D eigenvalue weighted by atomic mass is 32.2. The average molecular weight is 295 g/mol. The van der Waals surface area contributed by atoms with Crippen molar-refractivity contribution in [1.82, 2.24) is 10.6 Å². The van der Waals surface area contributed by atoms with Crippen molar-refractivity contribution in [1.29, 1.82) is 0 Å². The van der Waals surface area contributed by atoms with Gasteiger partial charge >= 0.3 is 0 Å². The Morgan fingerprint density at radius 1 is 1.45 bits per heavy atom. The fourth-order valence-corrected chi connectivity index (χ4v) is 2.71. The fraction of sp³-hybridized carbons (Fsp3) is 0.533. The average Bonchev–Trinajstić information content (AvgIpc) is 3.12. The molecule has 0 aliphatic heterocycles. The Labute approximate surface area is 124 Å². The third-order valence-corrected chi connectivity index (χ3v) is 4.17. The van der Waals surface area contributed by atoms with E-state index in [4.69, 9.17) is 0 Å². The van der Waals surface area contributed by atoms with Gasteiger partial charge in [0.05, 0.1) is 0 Å². The summed E-state index contributed by atoms with van der Waals surface area (Å²) in [6, 6.07) is 5.52. The first-order valence-electron chi connectivity index (χ1n) is 6.87. The molecular weight excluding hydrogens is 273 g/mol. The van der Waals surface area contributed by atoms with Crippen LogP contribution in [0.3, 0.4) is 0 Å². The van der Waals surface area contributed by atoms with Gasteiger partial charge in [0, 0.05) is 25.4 Å². The molecule has 1 aromatic rings. The van der Waals surface area contributed by atoms with Crippen molar-refractivity contribution in [2.45, 2.75) is 31.7 Å². The topological polar surface area (TPSA) is 36.4 Å². The molecule has 0 heterocycles. The molecule has 1 fully saturated rings. The molecule has 0 bridgehead atoms. The molecule has 1 aliphatic rings. The normalized spacial score (nSPS) is 21.7. The van der Waals surface area contributed by atoms with E-state index < -0.39 is 0 Å². The maximum absolute atomic E-state index is 13.3. The van der Waals surface area contributed by atoms with Crippen molar-refractivity contribution >= 4 is 17.7 Å².